The van der Waals surface area contributed by atoms with Crippen molar-refractivity contribution in [3.05, 3.63) is 68.1 Å². The third-order valence-electron chi connectivity index (χ3n) is 2.89. The summed E-state index contributed by atoms with van der Waals surface area (Å²) in [7, 11) is 0. The number of rotatable bonds is 4. The third kappa shape index (κ3) is 3.73. The lowest BCUT2D eigenvalue weighted by molar-refractivity contribution is 0.630. The summed E-state index contributed by atoms with van der Waals surface area (Å²) in [6.07, 6.45) is 0. The minimum Gasteiger partial charge on any atom is -0.307 e. The predicted molar refractivity (Wildman–Crippen MR) is 86.1 cm³/mol. The van der Waals surface area contributed by atoms with Crippen LogP contribution in [0.2, 0.25) is 10.0 Å². The molecule has 19 heavy (non-hydrogen) atoms. The van der Waals surface area contributed by atoms with Gasteiger partial charge in [-0.1, -0.05) is 48.3 Å². The highest BCUT2D eigenvalue weighted by molar-refractivity contribution is 9.10. The van der Waals surface area contributed by atoms with E-state index in [4.69, 9.17) is 23.2 Å². The van der Waals surface area contributed by atoms with Crippen LogP contribution in [0.5, 0.6) is 0 Å². The zero-order valence-corrected chi connectivity index (χ0v) is 13.6. The minimum absolute atomic E-state index is 0.135. The summed E-state index contributed by atoms with van der Waals surface area (Å²) >= 11 is 15.5. The molecule has 2 rings (SSSR count). The summed E-state index contributed by atoms with van der Waals surface area (Å²) in [6.45, 7) is 2.97. The first-order valence-electron chi connectivity index (χ1n) is 6.05. The molecule has 0 aliphatic heterocycles. The summed E-state index contributed by atoms with van der Waals surface area (Å²) in [5, 5.41) is 4.94. The van der Waals surface area contributed by atoms with E-state index in [1.54, 1.807) is 0 Å². The van der Waals surface area contributed by atoms with Crippen molar-refractivity contribution < 1.29 is 0 Å². The van der Waals surface area contributed by atoms with Gasteiger partial charge in [-0.15, -0.1) is 0 Å². The SMILES string of the molecule is CCNC(c1ccc(Cl)cc1)c1ccc(Cl)c(Br)c1. The van der Waals surface area contributed by atoms with Gasteiger partial charge >= 0.3 is 0 Å². The molecule has 0 saturated carbocycles. The second kappa shape index (κ2) is 6.76. The van der Waals surface area contributed by atoms with Crippen LogP contribution in [0.1, 0.15) is 24.1 Å². The zero-order valence-electron chi connectivity index (χ0n) is 10.5. The molecule has 0 fully saturated rings. The Labute approximate surface area is 132 Å². The maximum Gasteiger partial charge on any atom is 0.0577 e. The fourth-order valence-corrected chi connectivity index (χ4v) is 2.62. The fraction of sp³-hybridized carbons (Fsp3) is 0.200. The Morgan fingerprint density at radius 2 is 1.68 bits per heavy atom. The molecule has 1 atom stereocenters. The predicted octanol–water partition coefficient (Wildman–Crippen LogP) is 5.45. The molecule has 0 aromatic heterocycles. The van der Waals surface area contributed by atoms with Crippen molar-refractivity contribution in [3.63, 3.8) is 0 Å². The molecule has 0 bridgehead atoms. The summed E-state index contributed by atoms with van der Waals surface area (Å²) in [5.74, 6) is 0. The molecule has 1 unspecified atom stereocenters. The Morgan fingerprint density at radius 3 is 2.26 bits per heavy atom. The summed E-state index contributed by atoms with van der Waals surface area (Å²) in [5.41, 5.74) is 2.35. The highest BCUT2D eigenvalue weighted by atomic mass is 79.9. The van der Waals surface area contributed by atoms with Crippen LogP contribution in [0.15, 0.2) is 46.9 Å². The van der Waals surface area contributed by atoms with Crippen molar-refractivity contribution in [3.8, 4) is 0 Å². The van der Waals surface area contributed by atoms with Crippen molar-refractivity contribution in [2.24, 2.45) is 0 Å². The van der Waals surface area contributed by atoms with Gasteiger partial charge in [0.15, 0.2) is 0 Å². The molecule has 2 aromatic rings. The average Bonchev–Trinajstić information content (AvgIpc) is 2.41. The molecule has 0 amide bonds. The lowest BCUT2D eigenvalue weighted by atomic mass is 9.99. The summed E-state index contributed by atoms with van der Waals surface area (Å²) < 4.78 is 0.906. The van der Waals surface area contributed by atoms with E-state index in [1.807, 2.05) is 42.5 Å². The van der Waals surface area contributed by atoms with E-state index >= 15 is 0 Å². The van der Waals surface area contributed by atoms with Crippen molar-refractivity contribution in [1.29, 1.82) is 0 Å². The first-order chi connectivity index (χ1) is 9.11. The van der Waals surface area contributed by atoms with E-state index in [2.05, 4.69) is 28.2 Å². The van der Waals surface area contributed by atoms with Crippen LogP contribution in [0.3, 0.4) is 0 Å². The van der Waals surface area contributed by atoms with Crippen LogP contribution in [0.4, 0.5) is 0 Å². The number of hydrogen-bond donors (Lipinski definition) is 1. The summed E-state index contributed by atoms with van der Waals surface area (Å²) in [6, 6.07) is 14.0. The van der Waals surface area contributed by atoms with Crippen LogP contribution >= 0.6 is 39.1 Å². The Morgan fingerprint density at radius 1 is 1.05 bits per heavy atom. The van der Waals surface area contributed by atoms with Gasteiger partial charge in [0.05, 0.1) is 11.1 Å². The number of nitrogens with one attached hydrogen (secondary N) is 1. The van der Waals surface area contributed by atoms with Gasteiger partial charge in [-0.2, -0.15) is 0 Å². The molecular formula is C15H14BrCl2N. The van der Waals surface area contributed by atoms with Gasteiger partial charge in [0.2, 0.25) is 0 Å². The van der Waals surface area contributed by atoms with Crippen LogP contribution in [-0.4, -0.2) is 6.54 Å². The molecule has 1 N–H and O–H groups in total. The van der Waals surface area contributed by atoms with Gasteiger partial charge < -0.3 is 5.32 Å². The molecule has 0 heterocycles. The molecule has 1 nitrogen and oxygen atoms in total. The lowest BCUT2D eigenvalue weighted by Gasteiger charge is -2.19. The van der Waals surface area contributed by atoms with Gasteiger partial charge in [-0.25, -0.2) is 0 Å². The molecule has 0 spiro atoms. The van der Waals surface area contributed by atoms with Crippen molar-refractivity contribution in [2.75, 3.05) is 6.54 Å². The minimum atomic E-state index is 0.135. The number of halogens is 3. The smallest absolute Gasteiger partial charge is 0.0577 e. The monoisotopic (exact) mass is 357 g/mol. The molecule has 0 aliphatic rings. The van der Waals surface area contributed by atoms with Gasteiger partial charge in [-0.05, 0) is 57.9 Å². The van der Waals surface area contributed by atoms with E-state index in [0.717, 1.165) is 21.1 Å². The standard InChI is InChI=1S/C15H14BrCl2N/c1-2-19-15(10-3-6-12(17)7-4-10)11-5-8-14(18)13(16)9-11/h3-9,15,19H,2H2,1H3. The maximum atomic E-state index is 6.04. The van der Waals surface area contributed by atoms with Gasteiger partial charge in [0.25, 0.3) is 0 Å². The third-order valence-corrected chi connectivity index (χ3v) is 4.35. The van der Waals surface area contributed by atoms with Crippen LogP contribution in [-0.2, 0) is 0 Å². The van der Waals surface area contributed by atoms with Crippen LogP contribution in [0, 0.1) is 0 Å². The van der Waals surface area contributed by atoms with E-state index in [0.29, 0.717) is 0 Å². The van der Waals surface area contributed by atoms with Gasteiger partial charge in [0, 0.05) is 9.50 Å². The molecule has 100 valence electrons. The topological polar surface area (TPSA) is 12.0 Å². The fourth-order valence-electron chi connectivity index (χ4n) is 1.98. The van der Waals surface area contributed by atoms with Crippen molar-refractivity contribution in [2.45, 2.75) is 13.0 Å². The largest absolute Gasteiger partial charge is 0.307 e. The molecule has 0 aliphatic carbocycles. The highest BCUT2D eigenvalue weighted by Gasteiger charge is 2.13. The lowest BCUT2D eigenvalue weighted by Crippen LogP contribution is -2.21. The van der Waals surface area contributed by atoms with Crippen molar-refractivity contribution in [1.82, 2.24) is 5.32 Å². The van der Waals surface area contributed by atoms with Crippen molar-refractivity contribution >= 4 is 39.1 Å². The number of benzene rings is 2. The highest BCUT2D eigenvalue weighted by Crippen LogP contribution is 2.29. The summed E-state index contributed by atoms with van der Waals surface area (Å²) in [4.78, 5) is 0. The van der Waals surface area contributed by atoms with Gasteiger partial charge in [-0.3, -0.25) is 0 Å². The van der Waals surface area contributed by atoms with E-state index in [9.17, 15) is 0 Å². The van der Waals surface area contributed by atoms with Gasteiger partial charge in [0.1, 0.15) is 0 Å². The van der Waals surface area contributed by atoms with E-state index in [-0.39, 0.29) is 6.04 Å². The average molecular weight is 359 g/mol. The zero-order chi connectivity index (χ0) is 13.8. The Hall–Kier alpha value is -0.540. The normalized spacial score (nSPS) is 12.4. The quantitative estimate of drug-likeness (QED) is 0.765. The molecule has 2 aromatic carbocycles. The van der Waals surface area contributed by atoms with E-state index in [1.165, 1.54) is 11.1 Å². The van der Waals surface area contributed by atoms with Crippen LogP contribution in [0.25, 0.3) is 0 Å². The maximum absolute atomic E-state index is 6.04. The van der Waals surface area contributed by atoms with Crippen LogP contribution < -0.4 is 5.32 Å². The Balaban J connectivity index is 2.38. The first kappa shape index (κ1) is 14.9. The Kier molecular flexibility index (Phi) is 5.28. The molecule has 4 heteroatoms. The second-order valence-corrected chi connectivity index (χ2v) is 5.91. The Bertz CT molecular complexity index is 555. The molecule has 0 radical (unpaired) electrons. The second-order valence-electron chi connectivity index (χ2n) is 4.22. The molecule has 0 saturated heterocycles. The first-order valence-corrected chi connectivity index (χ1v) is 7.60. The molecular weight excluding hydrogens is 345 g/mol. The number of hydrogen-bond acceptors (Lipinski definition) is 1. The van der Waals surface area contributed by atoms with E-state index < -0.39 is 0 Å².